The molecule has 1 fully saturated rings. The standard InChI is InChI=1S/C14H16IN3/c15-11-6-4-10(5-7-11)13-9-17-14(18-13)12-3-1-2-8-16-12/h4-7,9,12,16H,1-3,8H2,(H,17,18). The van der Waals surface area contributed by atoms with Crippen molar-refractivity contribution in [1.29, 1.82) is 0 Å². The Balaban J connectivity index is 1.82. The van der Waals surface area contributed by atoms with Crippen molar-refractivity contribution < 1.29 is 0 Å². The van der Waals surface area contributed by atoms with Gasteiger partial charge in [-0.1, -0.05) is 18.6 Å². The van der Waals surface area contributed by atoms with Crippen molar-refractivity contribution in [2.45, 2.75) is 25.3 Å². The summed E-state index contributed by atoms with van der Waals surface area (Å²) in [4.78, 5) is 7.96. The Labute approximate surface area is 121 Å². The Morgan fingerprint density at radius 3 is 2.72 bits per heavy atom. The molecule has 0 amide bonds. The van der Waals surface area contributed by atoms with Gasteiger partial charge >= 0.3 is 0 Å². The number of rotatable bonds is 2. The van der Waals surface area contributed by atoms with Gasteiger partial charge in [-0.3, -0.25) is 0 Å². The maximum atomic E-state index is 4.52. The highest BCUT2D eigenvalue weighted by molar-refractivity contribution is 14.1. The van der Waals surface area contributed by atoms with Crippen molar-refractivity contribution >= 4 is 22.6 Å². The summed E-state index contributed by atoms with van der Waals surface area (Å²) >= 11 is 2.32. The topological polar surface area (TPSA) is 40.7 Å². The molecule has 0 radical (unpaired) electrons. The SMILES string of the molecule is Ic1ccc(-c2cnc(C3CCCCN3)[nH]2)cc1. The first-order chi connectivity index (χ1) is 8.83. The third kappa shape index (κ3) is 2.59. The van der Waals surface area contributed by atoms with Crippen LogP contribution >= 0.6 is 22.6 Å². The molecule has 0 saturated carbocycles. The van der Waals surface area contributed by atoms with Gasteiger partial charge in [-0.15, -0.1) is 0 Å². The lowest BCUT2D eigenvalue weighted by molar-refractivity contribution is 0.399. The van der Waals surface area contributed by atoms with E-state index in [1.165, 1.54) is 28.4 Å². The normalized spacial score (nSPS) is 19.9. The number of nitrogens with zero attached hydrogens (tertiary/aromatic N) is 1. The Kier molecular flexibility index (Phi) is 3.65. The monoisotopic (exact) mass is 353 g/mol. The Bertz CT molecular complexity index is 512. The lowest BCUT2D eigenvalue weighted by atomic mass is 10.0. The molecule has 1 aliphatic heterocycles. The van der Waals surface area contributed by atoms with E-state index in [0.717, 1.165) is 18.1 Å². The second-order valence-electron chi connectivity index (χ2n) is 4.69. The molecule has 2 heterocycles. The van der Waals surface area contributed by atoms with Gasteiger partial charge in [0.1, 0.15) is 5.82 Å². The second kappa shape index (κ2) is 5.40. The lowest BCUT2D eigenvalue weighted by Crippen LogP contribution is -2.27. The van der Waals surface area contributed by atoms with E-state index < -0.39 is 0 Å². The first-order valence-corrected chi connectivity index (χ1v) is 7.45. The van der Waals surface area contributed by atoms with Crippen LogP contribution in [0.4, 0.5) is 0 Å². The van der Waals surface area contributed by atoms with Gasteiger partial charge in [0.25, 0.3) is 0 Å². The molecule has 1 aromatic heterocycles. The van der Waals surface area contributed by atoms with Crippen LogP contribution in [0.2, 0.25) is 0 Å². The molecule has 0 aliphatic carbocycles. The number of imidazole rings is 1. The highest BCUT2D eigenvalue weighted by Crippen LogP contribution is 2.24. The van der Waals surface area contributed by atoms with Crippen molar-refractivity contribution in [3.05, 3.63) is 39.9 Å². The fourth-order valence-corrected chi connectivity index (χ4v) is 2.73. The van der Waals surface area contributed by atoms with Crippen LogP contribution in [0.1, 0.15) is 31.1 Å². The highest BCUT2D eigenvalue weighted by atomic mass is 127. The van der Waals surface area contributed by atoms with Gasteiger partial charge in [0, 0.05) is 3.57 Å². The number of aromatic amines is 1. The molecule has 3 rings (SSSR count). The number of hydrogen-bond donors (Lipinski definition) is 2. The van der Waals surface area contributed by atoms with Crippen LogP contribution in [0, 0.1) is 3.57 Å². The zero-order valence-corrected chi connectivity index (χ0v) is 12.3. The van der Waals surface area contributed by atoms with Gasteiger partial charge in [-0.05, 0) is 59.7 Å². The van der Waals surface area contributed by atoms with E-state index in [1.54, 1.807) is 0 Å². The predicted octanol–water partition coefficient (Wildman–Crippen LogP) is 3.50. The molecule has 1 aromatic carbocycles. The van der Waals surface area contributed by atoms with Gasteiger partial charge in [-0.2, -0.15) is 0 Å². The minimum atomic E-state index is 0.399. The van der Waals surface area contributed by atoms with Crippen molar-refractivity contribution in [2.24, 2.45) is 0 Å². The van der Waals surface area contributed by atoms with E-state index in [2.05, 4.69) is 62.1 Å². The summed E-state index contributed by atoms with van der Waals surface area (Å²) < 4.78 is 1.25. The zero-order valence-electron chi connectivity index (χ0n) is 10.1. The van der Waals surface area contributed by atoms with E-state index in [1.807, 2.05) is 6.20 Å². The van der Waals surface area contributed by atoms with E-state index in [4.69, 9.17) is 0 Å². The largest absolute Gasteiger partial charge is 0.341 e. The third-order valence-corrected chi connectivity index (χ3v) is 4.11. The third-order valence-electron chi connectivity index (χ3n) is 3.39. The van der Waals surface area contributed by atoms with Crippen LogP contribution in [0.25, 0.3) is 11.3 Å². The van der Waals surface area contributed by atoms with Crippen molar-refractivity contribution in [1.82, 2.24) is 15.3 Å². The average Bonchev–Trinajstić information content (AvgIpc) is 2.90. The van der Waals surface area contributed by atoms with Crippen molar-refractivity contribution in [2.75, 3.05) is 6.54 Å². The van der Waals surface area contributed by atoms with Crippen LogP contribution in [0.5, 0.6) is 0 Å². The maximum Gasteiger partial charge on any atom is 0.123 e. The van der Waals surface area contributed by atoms with Gasteiger partial charge in [-0.25, -0.2) is 4.98 Å². The van der Waals surface area contributed by atoms with Crippen LogP contribution in [0.15, 0.2) is 30.5 Å². The number of nitrogens with one attached hydrogen (secondary N) is 2. The Morgan fingerprint density at radius 2 is 2.00 bits per heavy atom. The summed E-state index contributed by atoms with van der Waals surface area (Å²) in [5, 5.41) is 3.51. The summed E-state index contributed by atoms with van der Waals surface area (Å²) in [6, 6.07) is 8.90. The molecule has 0 bridgehead atoms. The minimum Gasteiger partial charge on any atom is -0.341 e. The molecule has 94 valence electrons. The van der Waals surface area contributed by atoms with Gasteiger partial charge in [0.05, 0.1) is 17.9 Å². The molecule has 2 N–H and O–H groups in total. The molecule has 1 unspecified atom stereocenters. The Morgan fingerprint density at radius 1 is 1.17 bits per heavy atom. The smallest absolute Gasteiger partial charge is 0.123 e. The number of hydrogen-bond acceptors (Lipinski definition) is 2. The van der Waals surface area contributed by atoms with Crippen LogP contribution in [0.3, 0.4) is 0 Å². The molecule has 1 saturated heterocycles. The first-order valence-electron chi connectivity index (χ1n) is 6.37. The van der Waals surface area contributed by atoms with Crippen molar-refractivity contribution in [3.63, 3.8) is 0 Å². The van der Waals surface area contributed by atoms with E-state index in [0.29, 0.717) is 6.04 Å². The predicted molar refractivity (Wildman–Crippen MR) is 81.3 cm³/mol. The molecule has 2 aromatic rings. The van der Waals surface area contributed by atoms with Gasteiger partial charge in [0.15, 0.2) is 0 Å². The van der Waals surface area contributed by atoms with Crippen LogP contribution < -0.4 is 5.32 Å². The van der Waals surface area contributed by atoms with E-state index >= 15 is 0 Å². The van der Waals surface area contributed by atoms with E-state index in [9.17, 15) is 0 Å². The highest BCUT2D eigenvalue weighted by Gasteiger charge is 2.17. The fraction of sp³-hybridized carbons (Fsp3) is 0.357. The lowest BCUT2D eigenvalue weighted by Gasteiger charge is -2.21. The number of H-pyrrole nitrogens is 1. The quantitative estimate of drug-likeness (QED) is 0.812. The number of benzene rings is 1. The van der Waals surface area contributed by atoms with E-state index in [-0.39, 0.29) is 0 Å². The molecule has 1 atom stereocenters. The summed E-state index contributed by atoms with van der Waals surface area (Å²) in [5.41, 5.74) is 2.30. The summed E-state index contributed by atoms with van der Waals surface area (Å²) in [5.74, 6) is 1.07. The Hall–Kier alpha value is -0.880. The summed E-state index contributed by atoms with van der Waals surface area (Å²) in [6.07, 6.45) is 5.69. The second-order valence-corrected chi connectivity index (χ2v) is 5.94. The van der Waals surface area contributed by atoms with Crippen molar-refractivity contribution in [3.8, 4) is 11.3 Å². The zero-order chi connectivity index (χ0) is 12.4. The average molecular weight is 353 g/mol. The minimum absolute atomic E-state index is 0.399. The summed E-state index contributed by atoms with van der Waals surface area (Å²) in [7, 11) is 0. The maximum absolute atomic E-state index is 4.52. The molecular formula is C14H16IN3. The fourth-order valence-electron chi connectivity index (χ4n) is 2.38. The van der Waals surface area contributed by atoms with Gasteiger partial charge in [0.2, 0.25) is 0 Å². The molecule has 4 heteroatoms. The number of piperidine rings is 1. The summed E-state index contributed by atoms with van der Waals surface area (Å²) in [6.45, 7) is 1.10. The van der Waals surface area contributed by atoms with Crippen LogP contribution in [-0.2, 0) is 0 Å². The van der Waals surface area contributed by atoms with Gasteiger partial charge < -0.3 is 10.3 Å². The molecule has 1 aliphatic rings. The first kappa shape index (κ1) is 12.2. The molecular weight excluding hydrogens is 337 g/mol. The molecule has 3 nitrogen and oxygen atoms in total. The molecule has 18 heavy (non-hydrogen) atoms. The number of aromatic nitrogens is 2. The number of halogens is 1. The molecule has 0 spiro atoms. The van der Waals surface area contributed by atoms with Crippen LogP contribution in [-0.4, -0.2) is 16.5 Å².